The van der Waals surface area contributed by atoms with Crippen molar-refractivity contribution < 1.29 is 14.4 Å². The van der Waals surface area contributed by atoms with E-state index in [0.29, 0.717) is 35.9 Å². The highest BCUT2D eigenvalue weighted by Crippen LogP contribution is 2.25. The summed E-state index contributed by atoms with van der Waals surface area (Å²) in [5.41, 5.74) is 3.75. The van der Waals surface area contributed by atoms with E-state index in [1.165, 1.54) is 0 Å². The molecule has 31 heavy (non-hydrogen) atoms. The Morgan fingerprint density at radius 2 is 2.03 bits per heavy atom. The second-order valence-electron chi connectivity index (χ2n) is 8.38. The van der Waals surface area contributed by atoms with Crippen LogP contribution in [0.1, 0.15) is 47.8 Å². The molecule has 0 saturated carbocycles. The van der Waals surface area contributed by atoms with Gasteiger partial charge in [0.25, 0.3) is 5.91 Å². The van der Waals surface area contributed by atoms with Crippen LogP contribution in [-0.4, -0.2) is 36.1 Å². The van der Waals surface area contributed by atoms with Crippen molar-refractivity contribution in [3.05, 3.63) is 65.4 Å². The van der Waals surface area contributed by atoms with Crippen LogP contribution in [0, 0.1) is 13.8 Å². The average Bonchev–Trinajstić information content (AvgIpc) is 3.34. The fraction of sp³-hybridized carbons (Fsp3) is 0.304. The molecule has 1 amide bonds. The van der Waals surface area contributed by atoms with Crippen LogP contribution in [0.5, 0.6) is 0 Å². The molecule has 0 saturated heterocycles. The lowest BCUT2D eigenvalue weighted by Gasteiger charge is -2.14. The highest BCUT2D eigenvalue weighted by atomic mass is 16.5. The predicted molar refractivity (Wildman–Crippen MR) is 117 cm³/mol. The van der Waals surface area contributed by atoms with Crippen LogP contribution in [0.3, 0.4) is 0 Å². The Morgan fingerprint density at radius 3 is 2.81 bits per heavy atom. The van der Waals surface area contributed by atoms with Gasteiger partial charge in [-0.25, -0.2) is 4.98 Å². The number of amides is 1. The van der Waals surface area contributed by atoms with E-state index >= 15 is 0 Å². The summed E-state index contributed by atoms with van der Waals surface area (Å²) in [6.45, 7) is 7.38. The highest BCUT2D eigenvalue weighted by Gasteiger charge is 2.17. The first-order valence-electron chi connectivity index (χ1n) is 10.1. The molecule has 4 rings (SSSR count). The third kappa shape index (κ3) is 4.64. The Balaban J connectivity index is 1.55. The fourth-order valence-corrected chi connectivity index (χ4v) is 3.22. The number of benzene rings is 1. The number of carbonyl (C=O) groups excluding carboxylic acids is 1. The third-order valence-corrected chi connectivity index (χ3v) is 5.06. The number of aromatic nitrogens is 4. The summed E-state index contributed by atoms with van der Waals surface area (Å²) in [6, 6.07) is 9.46. The molecule has 0 fully saturated rings. The minimum atomic E-state index is -0.799. The van der Waals surface area contributed by atoms with Gasteiger partial charge in [0.2, 0.25) is 11.7 Å². The van der Waals surface area contributed by atoms with E-state index in [1.54, 1.807) is 24.4 Å². The standard InChI is InChI=1S/C23H25N5O3/c1-14-8-10-28-18(13-24-19(28)11-14)22(29)25-17-12-16(6-5-15(17)2)21-26-20(31-27-21)7-9-23(3,4)30/h5-6,8,10-13,30H,7,9H2,1-4H3,(H,25,29). The number of aryl methyl sites for hydroxylation is 3. The lowest BCUT2D eigenvalue weighted by molar-refractivity contribution is 0.0689. The molecule has 3 heterocycles. The first kappa shape index (κ1) is 20.7. The van der Waals surface area contributed by atoms with Gasteiger partial charge < -0.3 is 14.9 Å². The van der Waals surface area contributed by atoms with Gasteiger partial charge in [0.15, 0.2) is 0 Å². The molecule has 3 aromatic heterocycles. The number of fused-ring (bicyclic) bond motifs is 1. The number of nitrogens with one attached hydrogen (secondary N) is 1. The summed E-state index contributed by atoms with van der Waals surface area (Å²) < 4.78 is 7.07. The molecule has 4 aromatic rings. The number of imidazole rings is 1. The van der Waals surface area contributed by atoms with Gasteiger partial charge in [-0.2, -0.15) is 4.98 Å². The number of pyridine rings is 1. The summed E-state index contributed by atoms with van der Waals surface area (Å²) in [5.74, 6) is 0.645. The highest BCUT2D eigenvalue weighted by molar-refractivity contribution is 6.04. The van der Waals surface area contributed by atoms with Crippen LogP contribution in [0.25, 0.3) is 17.0 Å². The predicted octanol–water partition coefficient (Wildman–Crippen LogP) is 3.96. The van der Waals surface area contributed by atoms with E-state index in [4.69, 9.17) is 4.52 Å². The maximum absolute atomic E-state index is 12.9. The second-order valence-corrected chi connectivity index (χ2v) is 8.38. The maximum atomic E-state index is 12.9. The van der Waals surface area contributed by atoms with Crippen LogP contribution >= 0.6 is 0 Å². The van der Waals surface area contributed by atoms with Crippen molar-refractivity contribution in [3.8, 4) is 11.4 Å². The molecule has 2 N–H and O–H groups in total. The van der Waals surface area contributed by atoms with Crippen molar-refractivity contribution in [2.75, 3.05) is 5.32 Å². The number of carbonyl (C=O) groups is 1. The maximum Gasteiger partial charge on any atom is 0.274 e. The third-order valence-electron chi connectivity index (χ3n) is 5.06. The Labute approximate surface area is 179 Å². The minimum Gasteiger partial charge on any atom is -0.390 e. The molecule has 0 unspecified atom stereocenters. The SMILES string of the molecule is Cc1ccn2c(C(=O)Nc3cc(-c4noc(CCC(C)(C)O)n4)ccc3C)cnc2c1. The first-order valence-corrected chi connectivity index (χ1v) is 10.1. The van der Waals surface area contributed by atoms with Crippen molar-refractivity contribution >= 4 is 17.2 Å². The van der Waals surface area contributed by atoms with Crippen molar-refractivity contribution in [2.24, 2.45) is 0 Å². The largest absolute Gasteiger partial charge is 0.390 e. The van der Waals surface area contributed by atoms with E-state index in [1.807, 2.05) is 50.4 Å². The number of rotatable bonds is 6. The number of hydrogen-bond acceptors (Lipinski definition) is 6. The van der Waals surface area contributed by atoms with Gasteiger partial charge in [0, 0.05) is 23.9 Å². The van der Waals surface area contributed by atoms with E-state index in [0.717, 1.165) is 22.3 Å². The number of anilines is 1. The van der Waals surface area contributed by atoms with Crippen molar-refractivity contribution in [1.29, 1.82) is 0 Å². The monoisotopic (exact) mass is 419 g/mol. The van der Waals surface area contributed by atoms with Gasteiger partial charge in [-0.3, -0.25) is 9.20 Å². The molecule has 160 valence electrons. The Kier molecular flexibility index (Phi) is 5.32. The summed E-state index contributed by atoms with van der Waals surface area (Å²) in [4.78, 5) is 21.6. The van der Waals surface area contributed by atoms with E-state index in [9.17, 15) is 9.90 Å². The number of aliphatic hydroxyl groups is 1. The lowest BCUT2D eigenvalue weighted by Crippen LogP contribution is -2.19. The van der Waals surface area contributed by atoms with Gasteiger partial charge >= 0.3 is 0 Å². The molecule has 0 aliphatic rings. The molecule has 0 atom stereocenters. The van der Waals surface area contributed by atoms with Crippen molar-refractivity contribution in [1.82, 2.24) is 19.5 Å². The van der Waals surface area contributed by atoms with Crippen LogP contribution in [0.2, 0.25) is 0 Å². The van der Waals surface area contributed by atoms with Gasteiger partial charge in [-0.05, 0) is 63.4 Å². The molecule has 0 aliphatic carbocycles. The van der Waals surface area contributed by atoms with Crippen molar-refractivity contribution in [2.45, 2.75) is 46.1 Å². The molecule has 8 nitrogen and oxygen atoms in total. The van der Waals surface area contributed by atoms with Gasteiger partial charge in [0.05, 0.1) is 11.8 Å². The smallest absolute Gasteiger partial charge is 0.274 e. The van der Waals surface area contributed by atoms with Gasteiger partial charge in [0.1, 0.15) is 11.3 Å². The molecule has 0 bridgehead atoms. The molecule has 8 heteroatoms. The van der Waals surface area contributed by atoms with Crippen LogP contribution < -0.4 is 5.32 Å². The summed E-state index contributed by atoms with van der Waals surface area (Å²) in [5, 5.41) is 16.9. The Bertz CT molecular complexity index is 1250. The van der Waals surface area contributed by atoms with Crippen LogP contribution in [0.15, 0.2) is 47.2 Å². The van der Waals surface area contributed by atoms with E-state index < -0.39 is 5.60 Å². The van der Waals surface area contributed by atoms with Gasteiger partial charge in [-0.1, -0.05) is 17.3 Å². The zero-order chi connectivity index (χ0) is 22.2. The first-order chi connectivity index (χ1) is 14.7. The molecule has 0 aliphatic heterocycles. The second kappa shape index (κ2) is 7.96. The summed E-state index contributed by atoms with van der Waals surface area (Å²) in [7, 11) is 0. The molecule has 0 radical (unpaired) electrons. The quantitative estimate of drug-likeness (QED) is 0.490. The van der Waals surface area contributed by atoms with Crippen LogP contribution in [-0.2, 0) is 6.42 Å². The fourth-order valence-electron chi connectivity index (χ4n) is 3.22. The van der Waals surface area contributed by atoms with E-state index in [-0.39, 0.29) is 5.91 Å². The van der Waals surface area contributed by atoms with Crippen LogP contribution in [0.4, 0.5) is 5.69 Å². The number of hydrogen-bond donors (Lipinski definition) is 2. The summed E-state index contributed by atoms with van der Waals surface area (Å²) >= 11 is 0. The van der Waals surface area contributed by atoms with Crippen molar-refractivity contribution in [3.63, 3.8) is 0 Å². The Morgan fingerprint density at radius 1 is 1.23 bits per heavy atom. The topological polar surface area (TPSA) is 106 Å². The van der Waals surface area contributed by atoms with E-state index in [2.05, 4.69) is 20.4 Å². The summed E-state index contributed by atoms with van der Waals surface area (Å²) in [6.07, 6.45) is 4.41. The molecular formula is C23H25N5O3. The zero-order valence-electron chi connectivity index (χ0n) is 18.0. The Hall–Kier alpha value is -3.52. The normalized spacial score (nSPS) is 11.8. The number of nitrogens with zero attached hydrogens (tertiary/aromatic N) is 4. The molecule has 0 spiro atoms. The van der Waals surface area contributed by atoms with Gasteiger partial charge in [-0.15, -0.1) is 0 Å². The average molecular weight is 419 g/mol. The molecular weight excluding hydrogens is 394 g/mol. The lowest BCUT2D eigenvalue weighted by atomic mass is 10.0. The minimum absolute atomic E-state index is 0.254. The zero-order valence-corrected chi connectivity index (χ0v) is 18.0. The molecule has 1 aromatic carbocycles.